The average Bonchev–Trinajstić information content (AvgIpc) is 2.88. The predicted octanol–water partition coefficient (Wildman–Crippen LogP) is 5.93. The average molecular weight is 568 g/mol. The van der Waals surface area contributed by atoms with Crippen LogP contribution in [0.4, 0.5) is 0 Å². The number of nitrogens with two attached hydrogens (primary N) is 1. The van der Waals surface area contributed by atoms with E-state index in [2.05, 4.69) is 64.9 Å². The Morgan fingerprint density at radius 2 is 1.71 bits per heavy atom. The number of nitrogens with one attached hydrogen (secondary N) is 2. The first-order chi connectivity index (χ1) is 19.0. The Labute approximate surface area is 248 Å². The minimum atomic E-state index is -0.521. The summed E-state index contributed by atoms with van der Waals surface area (Å²) in [5.74, 6) is 2.19. The lowest BCUT2D eigenvalue weighted by atomic mass is 9.33. The number of aliphatic hydroxyl groups excluding tert-OH is 1. The molecule has 0 radical (unpaired) electrons. The fourth-order valence-electron chi connectivity index (χ4n) is 11.3. The molecule has 1 amide bonds. The normalized spacial score (nSPS) is 47.1. The maximum atomic E-state index is 14.2. The number of carbonyl (C=O) groups excluding carboxylic acids is 1. The van der Waals surface area contributed by atoms with E-state index in [9.17, 15) is 9.90 Å². The number of hydrogen-bond donors (Lipinski definition) is 4. The minimum absolute atomic E-state index is 0.0326. The first-order valence-electron chi connectivity index (χ1n) is 16.3. The molecule has 0 heterocycles. The van der Waals surface area contributed by atoms with Crippen LogP contribution in [-0.4, -0.2) is 48.0 Å². The standard InChI is InChI=1S/C34H57N5O2/c1-20-12-17-34(27(41)37-28(35)38-29(36)39(8)9)19-18-32(6)22(26(34)21(20)2)10-11-24-31(5)15-14-25(40)30(3,4)23(31)13-16-33(24,32)7/h10,20-21,23-26,40H,11-19H2,1-9H3,(H4,35,36,37,38,41)/t20-,21+,23?,24?,25+,26?,31+,32-,33-,34+/m1/s1. The fraction of sp³-hybridized carbons (Fsp3) is 0.853. The molecule has 10 atom stereocenters. The van der Waals surface area contributed by atoms with Crippen molar-refractivity contribution in [2.45, 2.75) is 112 Å². The number of carbonyl (C=O) groups is 1. The second-order valence-electron chi connectivity index (χ2n) is 16.3. The van der Waals surface area contributed by atoms with Crippen LogP contribution in [0.2, 0.25) is 0 Å². The van der Waals surface area contributed by atoms with E-state index < -0.39 is 5.41 Å². The number of rotatable bonds is 1. The highest BCUT2D eigenvalue weighted by molar-refractivity contribution is 6.03. The Kier molecular flexibility index (Phi) is 7.32. The predicted molar refractivity (Wildman–Crippen MR) is 166 cm³/mol. The van der Waals surface area contributed by atoms with Crippen molar-refractivity contribution in [1.82, 2.24) is 10.2 Å². The van der Waals surface area contributed by atoms with Gasteiger partial charge in [-0.2, -0.15) is 4.99 Å². The molecular formula is C34H57N5O2. The molecule has 41 heavy (non-hydrogen) atoms. The van der Waals surface area contributed by atoms with Crippen LogP contribution in [-0.2, 0) is 4.79 Å². The zero-order valence-corrected chi connectivity index (χ0v) is 27.2. The highest BCUT2D eigenvalue weighted by atomic mass is 16.3. The minimum Gasteiger partial charge on any atom is -0.393 e. The summed E-state index contributed by atoms with van der Waals surface area (Å²) in [6.07, 6.45) is 11.5. The van der Waals surface area contributed by atoms with Gasteiger partial charge in [-0.1, -0.05) is 60.1 Å². The van der Waals surface area contributed by atoms with E-state index in [-0.39, 0.29) is 51.5 Å². The van der Waals surface area contributed by atoms with E-state index in [1.165, 1.54) is 18.4 Å². The summed E-state index contributed by atoms with van der Waals surface area (Å²) in [6, 6.07) is 0. The van der Waals surface area contributed by atoms with E-state index in [1.54, 1.807) is 19.0 Å². The summed E-state index contributed by atoms with van der Waals surface area (Å²) in [6.45, 7) is 17.0. The zero-order chi connectivity index (χ0) is 30.3. The Balaban J connectivity index is 1.54. The number of allylic oxidation sites excluding steroid dienone is 2. The van der Waals surface area contributed by atoms with Gasteiger partial charge < -0.3 is 15.7 Å². The van der Waals surface area contributed by atoms with Crippen molar-refractivity contribution in [3.05, 3.63) is 11.6 Å². The van der Waals surface area contributed by atoms with E-state index >= 15 is 0 Å². The zero-order valence-electron chi connectivity index (χ0n) is 27.2. The van der Waals surface area contributed by atoms with Gasteiger partial charge in [0.2, 0.25) is 11.9 Å². The lowest BCUT2D eigenvalue weighted by Crippen LogP contribution is -2.66. The van der Waals surface area contributed by atoms with Crippen LogP contribution < -0.4 is 11.1 Å². The summed E-state index contributed by atoms with van der Waals surface area (Å²) in [5, 5.41) is 22.3. The van der Waals surface area contributed by atoms with E-state index in [1.807, 2.05) is 0 Å². The molecule has 0 aromatic carbocycles. The second-order valence-corrected chi connectivity index (χ2v) is 16.3. The highest BCUT2D eigenvalue weighted by Crippen LogP contribution is 2.75. The van der Waals surface area contributed by atoms with Gasteiger partial charge in [-0.05, 0) is 109 Å². The molecule has 0 aromatic rings. The molecule has 7 nitrogen and oxygen atoms in total. The summed E-state index contributed by atoms with van der Waals surface area (Å²) in [7, 11) is 3.56. The lowest BCUT2D eigenvalue weighted by Gasteiger charge is -2.71. The number of guanidine groups is 2. The van der Waals surface area contributed by atoms with Crippen LogP contribution >= 0.6 is 0 Å². The molecule has 0 aliphatic heterocycles. The third-order valence-corrected chi connectivity index (χ3v) is 14.3. The maximum Gasteiger partial charge on any atom is 0.233 e. The third kappa shape index (κ3) is 4.17. The van der Waals surface area contributed by atoms with Gasteiger partial charge in [0.05, 0.1) is 11.5 Å². The Morgan fingerprint density at radius 3 is 2.37 bits per heavy atom. The summed E-state index contributed by atoms with van der Waals surface area (Å²) in [4.78, 5) is 20.0. The van der Waals surface area contributed by atoms with Crippen LogP contribution in [0.25, 0.3) is 0 Å². The van der Waals surface area contributed by atoms with Gasteiger partial charge in [-0.15, -0.1) is 0 Å². The second kappa shape index (κ2) is 9.82. The first kappa shape index (κ1) is 30.6. The van der Waals surface area contributed by atoms with Gasteiger partial charge in [0.1, 0.15) is 0 Å². The highest BCUT2D eigenvalue weighted by Gasteiger charge is 2.69. The van der Waals surface area contributed by atoms with Gasteiger partial charge in [0.25, 0.3) is 0 Å². The Hall–Kier alpha value is -1.89. The van der Waals surface area contributed by atoms with Crippen molar-refractivity contribution < 1.29 is 9.90 Å². The molecule has 0 bridgehead atoms. The van der Waals surface area contributed by atoms with Crippen molar-refractivity contribution in [2.75, 3.05) is 14.1 Å². The molecule has 7 heteroatoms. The molecule has 5 rings (SSSR count). The van der Waals surface area contributed by atoms with Crippen molar-refractivity contribution >= 4 is 17.8 Å². The third-order valence-electron chi connectivity index (χ3n) is 14.3. The molecule has 0 spiro atoms. The largest absolute Gasteiger partial charge is 0.393 e. The molecule has 3 unspecified atom stereocenters. The van der Waals surface area contributed by atoms with E-state index in [4.69, 9.17) is 11.1 Å². The van der Waals surface area contributed by atoms with E-state index in [0.29, 0.717) is 23.7 Å². The van der Waals surface area contributed by atoms with Crippen LogP contribution in [0.15, 0.2) is 16.6 Å². The Morgan fingerprint density at radius 1 is 1.02 bits per heavy atom. The lowest BCUT2D eigenvalue weighted by molar-refractivity contribution is -0.204. The SMILES string of the molecule is C[C@@H]1CC[C@]2(C(=O)NC(=N)/N=C(/N)N(C)C)CC[C@]3(C)C(=CCC4[C@@]5(C)CC[C@H](O)C(C)(C)C5CC[C@]43C)C2[C@H]1C. The number of aliphatic hydroxyl groups is 1. The molecule has 230 valence electrons. The number of nitrogens with zero attached hydrogens (tertiary/aromatic N) is 2. The molecule has 4 saturated carbocycles. The molecule has 4 fully saturated rings. The van der Waals surface area contributed by atoms with Crippen molar-refractivity contribution in [3.8, 4) is 0 Å². The van der Waals surface area contributed by atoms with Gasteiger partial charge in [0.15, 0.2) is 5.96 Å². The van der Waals surface area contributed by atoms with Crippen LogP contribution in [0.1, 0.15) is 106 Å². The fourth-order valence-corrected chi connectivity index (χ4v) is 11.3. The number of hydrogen-bond acceptors (Lipinski definition) is 3. The van der Waals surface area contributed by atoms with Crippen molar-refractivity contribution in [3.63, 3.8) is 0 Å². The maximum absolute atomic E-state index is 14.2. The number of fused-ring (bicyclic) bond motifs is 7. The van der Waals surface area contributed by atoms with Crippen molar-refractivity contribution in [1.29, 1.82) is 5.41 Å². The van der Waals surface area contributed by atoms with Crippen LogP contribution in [0, 0.1) is 62.1 Å². The molecular weight excluding hydrogens is 510 g/mol. The van der Waals surface area contributed by atoms with Gasteiger partial charge >= 0.3 is 0 Å². The number of amides is 1. The monoisotopic (exact) mass is 567 g/mol. The van der Waals surface area contributed by atoms with E-state index in [0.717, 1.165) is 44.9 Å². The van der Waals surface area contributed by atoms with Gasteiger partial charge in [0, 0.05) is 14.1 Å². The molecule has 5 aliphatic carbocycles. The smallest absolute Gasteiger partial charge is 0.233 e. The molecule has 5 N–H and O–H groups in total. The number of aliphatic imine (C=N–C) groups is 1. The molecule has 0 saturated heterocycles. The van der Waals surface area contributed by atoms with Gasteiger partial charge in [-0.25, -0.2) is 0 Å². The molecule has 5 aliphatic rings. The topological polar surface area (TPSA) is 115 Å². The summed E-state index contributed by atoms with van der Waals surface area (Å²) < 4.78 is 0. The van der Waals surface area contributed by atoms with Crippen LogP contribution in [0.3, 0.4) is 0 Å². The van der Waals surface area contributed by atoms with Crippen LogP contribution in [0.5, 0.6) is 0 Å². The quantitative estimate of drug-likeness (QED) is 0.179. The summed E-state index contributed by atoms with van der Waals surface area (Å²) in [5.41, 5.74) is 7.30. The molecule has 0 aromatic heterocycles. The summed E-state index contributed by atoms with van der Waals surface area (Å²) >= 11 is 0. The Bertz CT molecular complexity index is 1160. The first-order valence-corrected chi connectivity index (χ1v) is 16.3. The van der Waals surface area contributed by atoms with Gasteiger partial charge in [-0.3, -0.25) is 15.5 Å². The van der Waals surface area contributed by atoms with Crippen molar-refractivity contribution in [2.24, 2.45) is 67.4 Å².